The van der Waals surface area contributed by atoms with E-state index in [-0.39, 0.29) is 31.1 Å². The van der Waals surface area contributed by atoms with Gasteiger partial charge in [-0.25, -0.2) is 9.78 Å². The van der Waals surface area contributed by atoms with Gasteiger partial charge < -0.3 is 34.5 Å². The third kappa shape index (κ3) is 6.30. The van der Waals surface area contributed by atoms with E-state index in [1.807, 2.05) is 12.1 Å². The number of anilines is 1. The fourth-order valence-corrected chi connectivity index (χ4v) is 7.73. The lowest BCUT2D eigenvalue weighted by Gasteiger charge is -2.48. The van der Waals surface area contributed by atoms with Crippen LogP contribution in [0.15, 0.2) is 35.5 Å². The van der Waals surface area contributed by atoms with Gasteiger partial charge in [0.15, 0.2) is 28.3 Å². The standard InChI is InChI=1S/C32H41N3O8S/c1-31(2,38)8-5-9-32(39,17-25(36)34-30-33-10-13-44-30)29(37)43-28-24(40-3)15-20-6-4-11-35-12-7-19-14-22-23(42-18-41-22)16-21(19)26(28)27(20)35/h10,13-16,20,26-28,38-39H,4-9,11-12,17-18H2,1-3H3,(H,33,34,36)/t20-,26+,27-,28-,32-/m1/s1. The maximum atomic E-state index is 14.1. The molecule has 6 rings (SSSR count). The van der Waals surface area contributed by atoms with E-state index in [0.717, 1.165) is 43.5 Å². The summed E-state index contributed by atoms with van der Waals surface area (Å²) in [6.07, 6.45) is 5.68. The Morgan fingerprint density at radius 3 is 2.70 bits per heavy atom. The van der Waals surface area contributed by atoms with Crippen LogP contribution in [-0.4, -0.2) is 82.3 Å². The van der Waals surface area contributed by atoms with Crippen LogP contribution in [0.2, 0.25) is 0 Å². The Balaban J connectivity index is 1.34. The molecule has 0 bridgehead atoms. The molecule has 2 aromatic rings. The highest BCUT2D eigenvalue weighted by atomic mass is 32.1. The van der Waals surface area contributed by atoms with Crippen molar-refractivity contribution < 1.29 is 38.7 Å². The highest BCUT2D eigenvalue weighted by Crippen LogP contribution is 2.50. The summed E-state index contributed by atoms with van der Waals surface area (Å²) in [5.41, 5.74) is -1.02. The molecule has 1 aromatic heterocycles. The zero-order valence-electron chi connectivity index (χ0n) is 25.4. The summed E-state index contributed by atoms with van der Waals surface area (Å²) >= 11 is 1.24. The van der Waals surface area contributed by atoms with Gasteiger partial charge in [0.2, 0.25) is 12.7 Å². The summed E-state index contributed by atoms with van der Waals surface area (Å²) < 4.78 is 23.7. The average Bonchev–Trinajstić information content (AvgIpc) is 3.62. The second kappa shape index (κ2) is 12.3. The molecule has 4 aliphatic rings. The van der Waals surface area contributed by atoms with Crippen molar-refractivity contribution in [2.75, 3.05) is 32.3 Å². The molecular weight excluding hydrogens is 586 g/mol. The third-order valence-corrected chi connectivity index (χ3v) is 9.91. The molecule has 4 heterocycles. The molecule has 12 heteroatoms. The van der Waals surface area contributed by atoms with Crippen LogP contribution in [0.5, 0.6) is 11.5 Å². The number of aliphatic hydroxyl groups is 2. The van der Waals surface area contributed by atoms with Crippen LogP contribution in [0.1, 0.15) is 69.4 Å². The topological polar surface area (TPSA) is 140 Å². The van der Waals surface area contributed by atoms with E-state index in [1.165, 1.54) is 11.3 Å². The average molecular weight is 628 g/mol. The Labute approximate surface area is 261 Å². The fraction of sp³-hybridized carbons (Fsp3) is 0.594. The molecule has 1 fully saturated rings. The molecule has 1 aliphatic carbocycles. The Bertz CT molecular complexity index is 1410. The zero-order valence-corrected chi connectivity index (χ0v) is 26.2. The third-order valence-electron chi connectivity index (χ3n) is 9.22. The van der Waals surface area contributed by atoms with Crippen LogP contribution in [-0.2, 0) is 25.5 Å². The Morgan fingerprint density at radius 1 is 1.18 bits per heavy atom. The van der Waals surface area contributed by atoms with E-state index in [4.69, 9.17) is 18.9 Å². The number of esters is 1. The van der Waals surface area contributed by atoms with Crippen LogP contribution >= 0.6 is 11.3 Å². The highest BCUT2D eigenvalue weighted by Gasteiger charge is 2.51. The number of methoxy groups -OCH3 is 1. The lowest BCUT2D eigenvalue weighted by molar-refractivity contribution is -0.177. The number of ether oxygens (including phenoxy) is 4. The van der Waals surface area contributed by atoms with Crippen LogP contribution in [0.3, 0.4) is 0 Å². The zero-order chi connectivity index (χ0) is 31.1. The van der Waals surface area contributed by atoms with Gasteiger partial charge in [-0.15, -0.1) is 11.3 Å². The van der Waals surface area contributed by atoms with Gasteiger partial charge in [-0.2, -0.15) is 0 Å². The first-order valence-corrected chi connectivity index (χ1v) is 16.2. The van der Waals surface area contributed by atoms with Crippen LogP contribution < -0.4 is 14.8 Å². The number of aromatic nitrogens is 1. The summed E-state index contributed by atoms with van der Waals surface area (Å²) in [5.74, 6) is 0.348. The number of benzene rings is 1. The number of nitrogens with zero attached hydrogens (tertiary/aromatic N) is 2. The van der Waals surface area contributed by atoms with E-state index in [9.17, 15) is 19.8 Å². The number of hydrogen-bond acceptors (Lipinski definition) is 11. The first-order valence-electron chi connectivity index (χ1n) is 15.3. The van der Waals surface area contributed by atoms with Crippen LogP contribution in [0.25, 0.3) is 0 Å². The second-order valence-corrected chi connectivity index (χ2v) is 13.8. The second-order valence-electron chi connectivity index (χ2n) is 12.9. The molecule has 44 heavy (non-hydrogen) atoms. The summed E-state index contributed by atoms with van der Waals surface area (Å²) in [7, 11) is 1.57. The summed E-state index contributed by atoms with van der Waals surface area (Å²) in [4.78, 5) is 33.7. The number of piperidine rings is 1. The molecule has 0 radical (unpaired) electrons. The lowest BCUT2D eigenvalue weighted by Crippen LogP contribution is -2.55. The number of carbonyl (C=O) groups is 2. The normalized spacial score (nSPS) is 25.5. The van der Waals surface area contributed by atoms with Crippen molar-refractivity contribution in [1.82, 2.24) is 9.88 Å². The van der Waals surface area contributed by atoms with Crippen molar-refractivity contribution in [1.29, 1.82) is 0 Å². The molecule has 0 saturated carbocycles. The number of carbonyl (C=O) groups excluding carboxylic acids is 2. The predicted octanol–water partition coefficient (Wildman–Crippen LogP) is 3.75. The van der Waals surface area contributed by atoms with Gasteiger partial charge in [0, 0.05) is 30.1 Å². The van der Waals surface area contributed by atoms with Gasteiger partial charge in [-0.05, 0) is 94.2 Å². The molecular formula is C32H41N3O8S. The van der Waals surface area contributed by atoms with Gasteiger partial charge in [-0.1, -0.05) is 0 Å². The van der Waals surface area contributed by atoms with Crippen LogP contribution in [0, 0.1) is 5.92 Å². The van der Waals surface area contributed by atoms with Gasteiger partial charge in [-0.3, -0.25) is 9.69 Å². The maximum absolute atomic E-state index is 14.1. The van der Waals surface area contributed by atoms with Crippen LogP contribution in [0.4, 0.5) is 5.13 Å². The molecule has 1 saturated heterocycles. The first-order chi connectivity index (χ1) is 21.0. The molecule has 11 nitrogen and oxygen atoms in total. The molecule has 3 N–H and O–H groups in total. The minimum Gasteiger partial charge on any atom is -0.497 e. The molecule has 3 aliphatic heterocycles. The fourth-order valence-electron chi connectivity index (χ4n) is 7.19. The molecule has 0 unspecified atom stereocenters. The minimum absolute atomic E-state index is 0.0542. The van der Waals surface area contributed by atoms with Crippen molar-refractivity contribution in [3.63, 3.8) is 0 Å². The monoisotopic (exact) mass is 627 g/mol. The van der Waals surface area contributed by atoms with Crippen molar-refractivity contribution in [2.24, 2.45) is 5.92 Å². The van der Waals surface area contributed by atoms with E-state index >= 15 is 0 Å². The van der Waals surface area contributed by atoms with Crippen molar-refractivity contribution in [2.45, 2.75) is 88.1 Å². The van der Waals surface area contributed by atoms with Gasteiger partial charge in [0.25, 0.3) is 0 Å². The smallest absolute Gasteiger partial charge is 0.339 e. The number of nitrogens with one attached hydrogen (secondary N) is 1. The molecule has 1 aromatic carbocycles. The van der Waals surface area contributed by atoms with Crippen molar-refractivity contribution in [3.8, 4) is 11.5 Å². The number of amides is 1. The molecule has 1 amide bonds. The van der Waals surface area contributed by atoms with Crippen molar-refractivity contribution in [3.05, 3.63) is 46.7 Å². The predicted molar refractivity (Wildman–Crippen MR) is 163 cm³/mol. The summed E-state index contributed by atoms with van der Waals surface area (Å²) in [6, 6.07) is 4.09. The summed E-state index contributed by atoms with van der Waals surface area (Å²) in [6.45, 7) is 5.28. The largest absolute Gasteiger partial charge is 0.497 e. The Kier molecular flexibility index (Phi) is 8.62. The van der Waals surface area contributed by atoms with E-state index < -0.39 is 35.6 Å². The molecule has 5 atom stereocenters. The highest BCUT2D eigenvalue weighted by molar-refractivity contribution is 7.13. The molecule has 238 valence electrons. The lowest BCUT2D eigenvalue weighted by atomic mass is 9.71. The maximum Gasteiger partial charge on any atom is 0.339 e. The quantitative estimate of drug-likeness (QED) is 0.334. The van der Waals surface area contributed by atoms with Gasteiger partial charge in [0.1, 0.15) is 5.76 Å². The van der Waals surface area contributed by atoms with Gasteiger partial charge >= 0.3 is 5.97 Å². The van der Waals surface area contributed by atoms with E-state index in [0.29, 0.717) is 35.2 Å². The summed E-state index contributed by atoms with van der Waals surface area (Å²) in [5, 5.41) is 26.9. The first kappa shape index (κ1) is 30.8. The van der Waals surface area contributed by atoms with E-state index in [2.05, 4.69) is 21.3 Å². The Morgan fingerprint density at radius 2 is 1.98 bits per heavy atom. The van der Waals surface area contributed by atoms with Gasteiger partial charge in [0.05, 0.1) is 19.1 Å². The van der Waals surface area contributed by atoms with Crippen molar-refractivity contribution >= 4 is 28.3 Å². The molecule has 0 spiro atoms. The minimum atomic E-state index is -2.14. The number of fused-ring (bicyclic) bond motifs is 3. The van der Waals surface area contributed by atoms with E-state index in [1.54, 1.807) is 32.5 Å². The number of rotatable bonds is 10. The number of hydrogen-bond donors (Lipinski definition) is 3. The Hall–Kier alpha value is -3.19. The number of thiazole rings is 1. The SMILES string of the molecule is COC1=C[C@H]2CCCN3CCc4cc5c(cc4[C@@H]([C@@H]23)[C@@H]1OC(=O)[C@@](O)(CCCC(C)(C)O)CC(=O)Nc1nccs1)OCO5.